The molecule has 2 aromatic rings. The van der Waals surface area contributed by atoms with Gasteiger partial charge in [-0.2, -0.15) is 4.39 Å². The van der Waals surface area contributed by atoms with Crippen molar-refractivity contribution in [1.29, 1.82) is 0 Å². The third-order valence-corrected chi connectivity index (χ3v) is 3.28. The minimum Gasteiger partial charge on any atom is -0.490 e. The Balaban J connectivity index is 2.02. The molecule has 0 bridgehead atoms. The van der Waals surface area contributed by atoms with Gasteiger partial charge in [-0.3, -0.25) is 4.79 Å². The van der Waals surface area contributed by atoms with Crippen LogP contribution >= 0.6 is 0 Å². The first-order valence-corrected chi connectivity index (χ1v) is 7.53. The zero-order chi connectivity index (χ0) is 18.2. The highest BCUT2D eigenvalue weighted by Crippen LogP contribution is 2.21. The van der Waals surface area contributed by atoms with E-state index in [2.05, 4.69) is 22.1 Å². The number of carbonyl (C=O) groups is 1. The lowest BCUT2D eigenvalue weighted by Crippen LogP contribution is -2.24. The molecule has 0 saturated carbocycles. The molecule has 0 atom stereocenters. The second kappa shape index (κ2) is 8.64. The highest BCUT2D eigenvalue weighted by Gasteiger charge is 2.14. The van der Waals surface area contributed by atoms with Crippen molar-refractivity contribution in [3.05, 3.63) is 53.2 Å². The fraction of sp³-hybridized carbons (Fsp3) is 0.222. The molecule has 0 fully saturated rings. The monoisotopic (exact) mass is 345 g/mol. The third-order valence-electron chi connectivity index (χ3n) is 3.28. The van der Waals surface area contributed by atoms with Crippen LogP contribution < -0.4 is 15.8 Å². The van der Waals surface area contributed by atoms with Crippen LogP contribution in [0.5, 0.6) is 5.75 Å². The quantitative estimate of drug-likeness (QED) is 0.479. The number of benzene rings is 1. The summed E-state index contributed by atoms with van der Waals surface area (Å²) < 4.78 is 32.6. The smallest absolute Gasteiger partial charge is 0.255 e. The van der Waals surface area contributed by atoms with Gasteiger partial charge >= 0.3 is 0 Å². The maximum Gasteiger partial charge on any atom is 0.255 e. The van der Waals surface area contributed by atoms with E-state index in [-0.39, 0.29) is 35.8 Å². The SMILES string of the molecule is CC#CCCOc1cccc(CNC(=O)c2ccc(F)nc2N)c1F. The number of hydrogen-bond donors (Lipinski definition) is 2. The van der Waals surface area contributed by atoms with Crippen molar-refractivity contribution in [2.45, 2.75) is 19.9 Å². The number of hydrogen-bond acceptors (Lipinski definition) is 4. The van der Waals surface area contributed by atoms with E-state index in [1.165, 1.54) is 18.2 Å². The van der Waals surface area contributed by atoms with Crippen LogP contribution in [0.25, 0.3) is 0 Å². The highest BCUT2D eigenvalue weighted by molar-refractivity contribution is 5.98. The van der Waals surface area contributed by atoms with Crippen molar-refractivity contribution < 1.29 is 18.3 Å². The van der Waals surface area contributed by atoms with E-state index >= 15 is 0 Å². The number of nitrogens with one attached hydrogen (secondary N) is 1. The molecule has 0 unspecified atom stereocenters. The van der Waals surface area contributed by atoms with E-state index in [1.807, 2.05) is 0 Å². The topological polar surface area (TPSA) is 77.2 Å². The first-order valence-electron chi connectivity index (χ1n) is 7.53. The van der Waals surface area contributed by atoms with Gasteiger partial charge in [0.1, 0.15) is 5.82 Å². The molecule has 0 saturated heterocycles. The lowest BCUT2D eigenvalue weighted by atomic mass is 10.2. The maximum absolute atomic E-state index is 14.4. The number of nitrogen functional groups attached to an aromatic ring is 1. The van der Waals surface area contributed by atoms with Gasteiger partial charge in [0, 0.05) is 18.5 Å². The van der Waals surface area contributed by atoms with Crippen molar-refractivity contribution in [2.24, 2.45) is 0 Å². The third kappa shape index (κ3) is 4.91. The second-order valence-corrected chi connectivity index (χ2v) is 5.00. The van der Waals surface area contributed by atoms with Crippen molar-refractivity contribution in [1.82, 2.24) is 10.3 Å². The summed E-state index contributed by atoms with van der Waals surface area (Å²) in [6.07, 6.45) is 0.494. The molecule has 0 aliphatic carbocycles. The first-order chi connectivity index (χ1) is 12.0. The minimum absolute atomic E-state index is 0.0207. The van der Waals surface area contributed by atoms with Crippen LogP contribution in [0, 0.1) is 23.6 Å². The average Bonchev–Trinajstić information content (AvgIpc) is 2.58. The van der Waals surface area contributed by atoms with E-state index in [0.717, 1.165) is 6.07 Å². The molecule has 130 valence electrons. The zero-order valence-corrected chi connectivity index (χ0v) is 13.6. The molecule has 5 nitrogen and oxygen atoms in total. The van der Waals surface area contributed by atoms with Crippen molar-refractivity contribution >= 4 is 11.7 Å². The number of amides is 1. The Hall–Kier alpha value is -3.14. The van der Waals surface area contributed by atoms with E-state index in [4.69, 9.17) is 10.5 Å². The Labute approximate surface area is 144 Å². The van der Waals surface area contributed by atoms with Gasteiger partial charge in [0.15, 0.2) is 11.6 Å². The molecule has 0 spiro atoms. The van der Waals surface area contributed by atoms with Crippen LogP contribution in [0.1, 0.15) is 29.3 Å². The van der Waals surface area contributed by atoms with E-state index < -0.39 is 17.7 Å². The summed E-state index contributed by atoms with van der Waals surface area (Å²) in [5.74, 6) is 3.50. The fourth-order valence-electron chi connectivity index (χ4n) is 2.05. The minimum atomic E-state index is -0.780. The molecule has 1 amide bonds. The number of aromatic nitrogens is 1. The van der Waals surface area contributed by atoms with Crippen molar-refractivity contribution in [3.8, 4) is 17.6 Å². The van der Waals surface area contributed by atoms with Gasteiger partial charge in [-0.15, -0.1) is 11.8 Å². The first kappa shape index (κ1) is 18.2. The molecule has 3 N–H and O–H groups in total. The standard InChI is InChI=1S/C18H17F2N3O2/c1-2-3-4-10-25-14-7-5-6-12(16(14)20)11-22-18(24)13-8-9-15(19)23-17(13)21/h5-9H,4,10-11H2,1H3,(H2,21,23)(H,22,24). The summed E-state index contributed by atoms with van der Waals surface area (Å²) >= 11 is 0. The van der Waals surface area contributed by atoms with Crippen molar-refractivity contribution in [2.75, 3.05) is 12.3 Å². The van der Waals surface area contributed by atoms with Crippen LogP contribution in [-0.4, -0.2) is 17.5 Å². The zero-order valence-electron chi connectivity index (χ0n) is 13.6. The number of rotatable bonds is 6. The van der Waals surface area contributed by atoms with Crippen LogP contribution in [-0.2, 0) is 6.54 Å². The molecule has 1 heterocycles. The fourth-order valence-corrected chi connectivity index (χ4v) is 2.05. The second-order valence-electron chi connectivity index (χ2n) is 5.00. The summed E-state index contributed by atoms with van der Waals surface area (Å²) in [6, 6.07) is 6.90. The van der Waals surface area contributed by atoms with E-state index in [0.29, 0.717) is 6.42 Å². The average molecular weight is 345 g/mol. The Morgan fingerprint density at radius 1 is 1.32 bits per heavy atom. The molecule has 0 aliphatic rings. The summed E-state index contributed by atoms with van der Waals surface area (Å²) in [6.45, 7) is 1.91. The summed E-state index contributed by atoms with van der Waals surface area (Å²) in [4.78, 5) is 15.4. The van der Waals surface area contributed by atoms with Gasteiger partial charge in [0.2, 0.25) is 5.95 Å². The van der Waals surface area contributed by atoms with Crippen LogP contribution in [0.15, 0.2) is 30.3 Å². The summed E-state index contributed by atoms with van der Waals surface area (Å²) in [5.41, 5.74) is 5.78. The number of anilines is 1. The molecule has 1 aromatic carbocycles. The number of nitrogens with two attached hydrogens (primary N) is 1. The summed E-state index contributed by atoms with van der Waals surface area (Å²) in [5, 5.41) is 2.52. The van der Waals surface area contributed by atoms with Crippen LogP contribution in [0.2, 0.25) is 0 Å². The predicted octanol–water partition coefficient (Wildman–Crippen LogP) is 2.66. The Bertz CT molecular complexity index is 829. The molecular weight excluding hydrogens is 328 g/mol. The molecule has 1 aromatic heterocycles. The summed E-state index contributed by atoms with van der Waals surface area (Å²) in [7, 11) is 0. The van der Waals surface area contributed by atoms with Gasteiger partial charge in [0.05, 0.1) is 12.2 Å². The van der Waals surface area contributed by atoms with Crippen LogP contribution in [0.3, 0.4) is 0 Å². The largest absolute Gasteiger partial charge is 0.490 e. The lowest BCUT2D eigenvalue weighted by molar-refractivity contribution is 0.0951. The molecule has 2 rings (SSSR count). The Morgan fingerprint density at radius 3 is 2.84 bits per heavy atom. The number of ether oxygens (including phenoxy) is 1. The van der Waals surface area contributed by atoms with E-state index in [9.17, 15) is 13.6 Å². The number of nitrogens with zero attached hydrogens (tertiary/aromatic N) is 1. The van der Waals surface area contributed by atoms with Gasteiger partial charge in [-0.25, -0.2) is 9.37 Å². The van der Waals surface area contributed by atoms with Gasteiger partial charge in [-0.1, -0.05) is 12.1 Å². The Kier molecular flexibility index (Phi) is 6.29. The molecule has 7 heteroatoms. The van der Waals surface area contributed by atoms with Crippen molar-refractivity contribution in [3.63, 3.8) is 0 Å². The normalized spacial score (nSPS) is 9.88. The number of halogens is 2. The number of pyridine rings is 1. The van der Waals surface area contributed by atoms with E-state index in [1.54, 1.807) is 13.0 Å². The molecule has 0 radical (unpaired) electrons. The molecule has 25 heavy (non-hydrogen) atoms. The van der Waals surface area contributed by atoms with Gasteiger partial charge in [0.25, 0.3) is 5.91 Å². The maximum atomic E-state index is 14.4. The molecular formula is C18H17F2N3O2. The highest BCUT2D eigenvalue weighted by atomic mass is 19.1. The predicted molar refractivity (Wildman–Crippen MR) is 89.7 cm³/mol. The lowest BCUT2D eigenvalue weighted by Gasteiger charge is -2.11. The molecule has 0 aliphatic heterocycles. The van der Waals surface area contributed by atoms with Gasteiger partial charge < -0.3 is 15.8 Å². The van der Waals surface area contributed by atoms with Crippen LogP contribution in [0.4, 0.5) is 14.6 Å². The Morgan fingerprint density at radius 2 is 2.12 bits per heavy atom. The van der Waals surface area contributed by atoms with Gasteiger partial charge in [-0.05, 0) is 25.1 Å². The number of carbonyl (C=O) groups excluding carboxylic acids is 1.